The van der Waals surface area contributed by atoms with Gasteiger partial charge in [0.05, 0.1) is 6.61 Å². The lowest BCUT2D eigenvalue weighted by molar-refractivity contribution is -0.118. The number of ether oxygens (including phenoxy) is 1. The number of hydrogen-bond donors (Lipinski definition) is 0. The van der Waals surface area contributed by atoms with Crippen LogP contribution >= 0.6 is 0 Å². The van der Waals surface area contributed by atoms with Gasteiger partial charge in [-0.1, -0.05) is 24.3 Å². The van der Waals surface area contributed by atoms with E-state index in [-0.39, 0.29) is 11.7 Å². The summed E-state index contributed by atoms with van der Waals surface area (Å²) < 4.78 is 5.63. The maximum atomic E-state index is 12.4. The van der Waals surface area contributed by atoms with Gasteiger partial charge in [-0.2, -0.15) is 0 Å². The van der Waals surface area contributed by atoms with Crippen molar-refractivity contribution in [3.63, 3.8) is 0 Å². The third-order valence-corrected chi connectivity index (χ3v) is 3.75. The summed E-state index contributed by atoms with van der Waals surface area (Å²) in [6.45, 7) is 6.18. The van der Waals surface area contributed by atoms with Gasteiger partial charge in [0.15, 0.2) is 5.78 Å². The molecule has 0 aromatic heterocycles. The van der Waals surface area contributed by atoms with E-state index in [1.165, 1.54) is 6.92 Å². The minimum Gasteiger partial charge on any atom is -0.494 e. The monoisotopic (exact) mass is 337 g/mol. The number of nitrogens with zero attached hydrogens (tertiary/aromatic N) is 1. The molecule has 0 aliphatic rings. The lowest BCUT2D eigenvalue weighted by Crippen LogP contribution is -2.31. The molecule has 2 aromatic carbocycles. The van der Waals surface area contributed by atoms with Crippen LogP contribution < -0.4 is 9.64 Å². The molecule has 0 saturated carbocycles. The molecule has 4 nitrogen and oxygen atoms in total. The second kappa shape index (κ2) is 9.42. The summed E-state index contributed by atoms with van der Waals surface area (Å²) in [5, 5.41) is 0. The third-order valence-electron chi connectivity index (χ3n) is 3.75. The Kier molecular flexibility index (Phi) is 6.96. The number of rotatable bonds is 9. The van der Waals surface area contributed by atoms with Crippen LogP contribution in [0.5, 0.6) is 5.75 Å². The first kappa shape index (κ1) is 18.5. The highest BCUT2D eigenvalue weighted by Gasteiger charge is 2.13. The van der Waals surface area contributed by atoms with Crippen molar-refractivity contribution in [1.29, 1.82) is 0 Å². The zero-order valence-electron chi connectivity index (χ0n) is 14.5. The number of benzene rings is 2. The van der Waals surface area contributed by atoms with Gasteiger partial charge in [-0.05, 0) is 49.7 Å². The summed E-state index contributed by atoms with van der Waals surface area (Å²) in [6, 6.07) is 16.6. The summed E-state index contributed by atoms with van der Waals surface area (Å²) in [6.07, 6.45) is 2.74. The van der Waals surface area contributed by atoms with E-state index < -0.39 is 0 Å². The SMILES string of the molecule is C=CCN(C(=O)CCCOc1ccc(C(C)=O)cc1)c1ccccc1. The van der Waals surface area contributed by atoms with Crippen molar-refractivity contribution in [3.8, 4) is 5.75 Å². The van der Waals surface area contributed by atoms with Crippen LogP contribution in [-0.2, 0) is 4.79 Å². The van der Waals surface area contributed by atoms with Crippen LogP contribution in [0.25, 0.3) is 0 Å². The van der Waals surface area contributed by atoms with Crippen LogP contribution in [0, 0.1) is 0 Å². The predicted octanol–water partition coefficient (Wildman–Crippen LogP) is 4.27. The fourth-order valence-corrected chi connectivity index (χ4v) is 2.42. The molecule has 0 heterocycles. The minimum absolute atomic E-state index is 0.0281. The standard InChI is InChI=1S/C21H23NO3/c1-3-15-22(19-8-5-4-6-9-19)21(24)10-7-16-25-20-13-11-18(12-14-20)17(2)23/h3-6,8-9,11-14H,1,7,10,15-16H2,2H3. The Hall–Kier alpha value is -2.88. The molecule has 0 radical (unpaired) electrons. The van der Waals surface area contributed by atoms with Crippen LogP contribution in [0.15, 0.2) is 67.3 Å². The largest absolute Gasteiger partial charge is 0.494 e. The van der Waals surface area contributed by atoms with Gasteiger partial charge in [0.2, 0.25) is 5.91 Å². The number of ketones is 1. The average molecular weight is 337 g/mol. The van der Waals surface area contributed by atoms with Gasteiger partial charge < -0.3 is 9.64 Å². The molecule has 0 aliphatic carbocycles. The zero-order chi connectivity index (χ0) is 18.1. The number of Topliss-reactive ketones (excluding diaryl/α,β-unsaturated/α-hetero) is 1. The Bertz CT molecular complexity index is 708. The van der Waals surface area contributed by atoms with Gasteiger partial charge >= 0.3 is 0 Å². The van der Waals surface area contributed by atoms with Crippen LogP contribution in [-0.4, -0.2) is 24.8 Å². The van der Waals surface area contributed by atoms with E-state index in [0.29, 0.717) is 37.3 Å². The molecule has 1 amide bonds. The number of amides is 1. The quantitative estimate of drug-likeness (QED) is 0.390. The lowest BCUT2D eigenvalue weighted by atomic mass is 10.1. The van der Waals surface area contributed by atoms with Crippen molar-refractivity contribution in [2.75, 3.05) is 18.1 Å². The summed E-state index contributed by atoms with van der Waals surface area (Å²) >= 11 is 0. The van der Waals surface area contributed by atoms with Gasteiger partial charge in [-0.15, -0.1) is 6.58 Å². The molecule has 0 spiro atoms. The number of para-hydroxylation sites is 1. The first-order valence-electron chi connectivity index (χ1n) is 8.32. The Balaban J connectivity index is 1.82. The van der Waals surface area contributed by atoms with E-state index in [1.807, 2.05) is 30.3 Å². The highest BCUT2D eigenvalue weighted by atomic mass is 16.5. The molecule has 2 aromatic rings. The second-order valence-corrected chi connectivity index (χ2v) is 5.66. The molecule has 0 fully saturated rings. The van der Waals surface area contributed by atoms with Crippen LogP contribution in [0.2, 0.25) is 0 Å². The van der Waals surface area contributed by atoms with E-state index in [1.54, 1.807) is 35.2 Å². The molecule has 0 aliphatic heterocycles. The van der Waals surface area contributed by atoms with Gasteiger partial charge in [0, 0.05) is 24.2 Å². The molecular weight excluding hydrogens is 314 g/mol. The number of hydrogen-bond acceptors (Lipinski definition) is 3. The van der Waals surface area contributed by atoms with Gasteiger partial charge in [0.25, 0.3) is 0 Å². The second-order valence-electron chi connectivity index (χ2n) is 5.66. The van der Waals surface area contributed by atoms with Crippen LogP contribution in [0.1, 0.15) is 30.1 Å². The van der Waals surface area contributed by atoms with E-state index in [0.717, 1.165) is 5.69 Å². The number of carbonyl (C=O) groups excluding carboxylic acids is 2. The summed E-state index contributed by atoms with van der Waals surface area (Å²) in [5.74, 6) is 0.769. The fraction of sp³-hybridized carbons (Fsp3) is 0.238. The van der Waals surface area contributed by atoms with Crippen molar-refractivity contribution in [1.82, 2.24) is 0 Å². The van der Waals surface area contributed by atoms with Crippen molar-refractivity contribution in [2.24, 2.45) is 0 Å². The molecular formula is C21H23NO3. The van der Waals surface area contributed by atoms with Gasteiger partial charge in [-0.25, -0.2) is 0 Å². The number of anilines is 1. The Morgan fingerprint density at radius 3 is 2.36 bits per heavy atom. The highest BCUT2D eigenvalue weighted by Crippen LogP contribution is 2.16. The Morgan fingerprint density at radius 1 is 1.08 bits per heavy atom. The molecule has 25 heavy (non-hydrogen) atoms. The Morgan fingerprint density at radius 2 is 1.76 bits per heavy atom. The van der Waals surface area contributed by atoms with E-state index in [2.05, 4.69) is 6.58 Å². The molecule has 0 unspecified atom stereocenters. The molecule has 0 saturated heterocycles. The first-order chi connectivity index (χ1) is 12.1. The normalized spacial score (nSPS) is 10.1. The van der Waals surface area contributed by atoms with Crippen molar-refractivity contribution < 1.29 is 14.3 Å². The smallest absolute Gasteiger partial charge is 0.227 e. The van der Waals surface area contributed by atoms with Crippen molar-refractivity contribution in [3.05, 3.63) is 72.8 Å². The molecule has 4 heteroatoms. The van der Waals surface area contributed by atoms with Crippen molar-refractivity contribution in [2.45, 2.75) is 19.8 Å². The van der Waals surface area contributed by atoms with Crippen LogP contribution in [0.3, 0.4) is 0 Å². The molecule has 0 N–H and O–H groups in total. The first-order valence-corrected chi connectivity index (χ1v) is 8.32. The van der Waals surface area contributed by atoms with Gasteiger partial charge in [0.1, 0.15) is 5.75 Å². The lowest BCUT2D eigenvalue weighted by Gasteiger charge is -2.21. The van der Waals surface area contributed by atoms with Gasteiger partial charge in [-0.3, -0.25) is 9.59 Å². The van der Waals surface area contributed by atoms with Crippen molar-refractivity contribution >= 4 is 17.4 Å². The molecule has 130 valence electrons. The molecule has 2 rings (SSSR count). The summed E-state index contributed by atoms with van der Waals surface area (Å²) in [7, 11) is 0. The predicted molar refractivity (Wildman–Crippen MR) is 100 cm³/mol. The topological polar surface area (TPSA) is 46.6 Å². The maximum absolute atomic E-state index is 12.4. The summed E-state index contributed by atoms with van der Waals surface area (Å²) in [4.78, 5) is 25.4. The zero-order valence-corrected chi connectivity index (χ0v) is 14.5. The number of carbonyl (C=O) groups is 2. The molecule has 0 atom stereocenters. The minimum atomic E-state index is 0.0281. The molecule has 0 bridgehead atoms. The fourth-order valence-electron chi connectivity index (χ4n) is 2.42. The van der Waals surface area contributed by atoms with E-state index in [4.69, 9.17) is 4.74 Å². The summed E-state index contributed by atoms with van der Waals surface area (Å²) in [5.41, 5.74) is 1.53. The third kappa shape index (κ3) is 5.60. The van der Waals surface area contributed by atoms with E-state index in [9.17, 15) is 9.59 Å². The average Bonchev–Trinajstić information content (AvgIpc) is 2.64. The highest BCUT2D eigenvalue weighted by molar-refractivity contribution is 5.94. The van der Waals surface area contributed by atoms with Crippen LogP contribution in [0.4, 0.5) is 5.69 Å². The maximum Gasteiger partial charge on any atom is 0.227 e. The van der Waals surface area contributed by atoms with E-state index >= 15 is 0 Å². The Labute approximate surface area is 148 Å².